The minimum absolute atomic E-state index is 0.0870. The van der Waals surface area contributed by atoms with E-state index in [0.717, 1.165) is 24.6 Å². The molecule has 182 valence electrons. The Kier molecular flexibility index (Phi) is 7.22. The lowest BCUT2D eigenvalue weighted by atomic mass is 10.0. The van der Waals surface area contributed by atoms with Crippen LogP contribution >= 0.6 is 0 Å². The quantitative estimate of drug-likeness (QED) is 0.230. The van der Waals surface area contributed by atoms with Gasteiger partial charge in [-0.3, -0.25) is 9.98 Å². The number of halogens is 1. The number of benzene rings is 1. The summed E-state index contributed by atoms with van der Waals surface area (Å²) in [7, 11) is 1.85. The van der Waals surface area contributed by atoms with E-state index in [1.165, 1.54) is 12.1 Å². The summed E-state index contributed by atoms with van der Waals surface area (Å²) in [4.78, 5) is 14.9. The van der Waals surface area contributed by atoms with Crippen molar-refractivity contribution in [3.63, 3.8) is 0 Å². The number of hydrazone groups is 1. The van der Waals surface area contributed by atoms with E-state index in [2.05, 4.69) is 21.3 Å². The van der Waals surface area contributed by atoms with Gasteiger partial charge in [0.05, 0.1) is 35.5 Å². The number of ether oxygens (including phenoxy) is 1. The molecule has 0 bridgehead atoms. The van der Waals surface area contributed by atoms with Gasteiger partial charge >= 0.3 is 0 Å². The van der Waals surface area contributed by atoms with E-state index in [-0.39, 0.29) is 12.6 Å². The third-order valence-electron chi connectivity index (χ3n) is 5.99. The fourth-order valence-electron chi connectivity index (χ4n) is 4.14. The van der Waals surface area contributed by atoms with Crippen molar-refractivity contribution in [1.29, 1.82) is 5.26 Å². The summed E-state index contributed by atoms with van der Waals surface area (Å²) in [6.07, 6.45) is 5.41. The van der Waals surface area contributed by atoms with E-state index < -0.39 is 11.9 Å². The van der Waals surface area contributed by atoms with Gasteiger partial charge in [-0.25, -0.2) is 9.37 Å². The van der Waals surface area contributed by atoms with E-state index in [9.17, 15) is 9.50 Å². The molecular formula is C24H27FN8O2. The normalized spacial score (nSPS) is 16.4. The first-order valence-corrected chi connectivity index (χ1v) is 11.2. The van der Waals surface area contributed by atoms with Crippen molar-refractivity contribution in [2.24, 2.45) is 23.0 Å². The van der Waals surface area contributed by atoms with Gasteiger partial charge in [0, 0.05) is 25.7 Å². The maximum Gasteiger partial charge on any atom is 0.179 e. The van der Waals surface area contributed by atoms with Gasteiger partial charge in [0.2, 0.25) is 0 Å². The van der Waals surface area contributed by atoms with Crippen LogP contribution in [0.5, 0.6) is 5.75 Å². The molecule has 1 unspecified atom stereocenters. The van der Waals surface area contributed by atoms with Gasteiger partial charge in [-0.1, -0.05) is 0 Å². The maximum atomic E-state index is 13.2. The highest BCUT2D eigenvalue weighted by Crippen LogP contribution is 2.28. The van der Waals surface area contributed by atoms with Gasteiger partial charge in [-0.05, 0) is 44.0 Å². The molecule has 0 saturated carbocycles. The first-order valence-electron chi connectivity index (χ1n) is 11.2. The molecule has 3 aromatic rings. The lowest BCUT2D eigenvalue weighted by Gasteiger charge is -2.26. The number of aliphatic hydroxyl groups is 1. The van der Waals surface area contributed by atoms with E-state index in [4.69, 9.17) is 20.8 Å². The Hall–Kier alpha value is -4.04. The van der Waals surface area contributed by atoms with Crippen LogP contribution < -0.4 is 10.6 Å². The molecule has 1 aromatic carbocycles. The Morgan fingerprint density at radius 2 is 2.11 bits per heavy atom. The number of aryl methyl sites for hydroxylation is 1. The highest BCUT2D eigenvalue weighted by molar-refractivity contribution is 6.47. The maximum absolute atomic E-state index is 13.2. The SMILES string of the molecule is CC(=NC1CCN(C#N)CC1)/C(=N\N)c1cc(OCC(O)c2ccc(F)cn2)c2c(c1)ncn2C. The Morgan fingerprint density at radius 3 is 2.77 bits per heavy atom. The standard InChI is InChI=1S/C24H27FN8O2/c1-15(30-18-5-7-33(13-26)8-6-18)23(31-27)16-9-20-24(32(2)14-29-20)22(10-16)35-12-21(34)19-4-3-17(25)11-28-19/h3-4,9-11,14,18,21,34H,5-8,12,27H2,1-2H3/b30-15?,31-23+. The van der Waals surface area contributed by atoms with E-state index >= 15 is 0 Å². The van der Waals surface area contributed by atoms with Crippen LogP contribution in [-0.2, 0) is 7.05 Å². The predicted octanol–water partition coefficient (Wildman–Crippen LogP) is 2.29. The van der Waals surface area contributed by atoms with Crippen LogP contribution in [0.3, 0.4) is 0 Å². The number of nitrogens with two attached hydrogens (primary N) is 1. The second-order valence-electron chi connectivity index (χ2n) is 8.44. The molecule has 0 spiro atoms. The number of imidazole rings is 1. The third-order valence-corrected chi connectivity index (χ3v) is 5.99. The lowest BCUT2D eigenvalue weighted by molar-refractivity contribution is 0.105. The molecule has 0 radical (unpaired) electrons. The van der Waals surface area contributed by atoms with Crippen LogP contribution in [0, 0.1) is 17.3 Å². The van der Waals surface area contributed by atoms with Crippen molar-refractivity contribution in [2.75, 3.05) is 19.7 Å². The second kappa shape index (κ2) is 10.5. The van der Waals surface area contributed by atoms with Crippen LogP contribution in [0.2, 0.25) is 0 Å². The van der Waals surface area contributed by atoms with Crippen LogP contribution in [0.25, 0.3) is 11.0 Å². The van der Waals surface area contributed by atoms with Gasteiger partial charge in [-0.15, -0.1) is 0 Å². The molecule has 1 fully saturated rings. The highest BCUT2D eigenvalue weighted by Gasteiger charge is 2.21. The molecule has 10 nitrogen and oxygen atoms in total. The number of nitrogens with zero attached hydrogens (tertiary/aromatic N) is 7. The fourth-order valence-corrected chi connectivity index (χ4v) is 4.14. The number of piperidine rings is 1. The summed E-state index contributed by atoms with van der Waals surface area (Å²) < 4.78 is 21.0. The fraction of sp³-hybridized carbons (Fsp3) is 0.375. The largest absolute Gasteiger partial charge is 0.488 e. The molecule has 0 aliphatic carbocycles. The van der Waals surface area contributed by atoms with E-state index in [1.807, 2.05) is 24.6 Å². The Labute approximate surface area is 202 Å². The third kappa shape index (κ3) is 5.38. The first kappa shape index (κ1) is 24.1. The molecule has 1 saturated heterocycles. The Balaban J connectivity index is 1.59. The summed E-state index contributed by atoms with van der Waals surface area (Å²) in [6, 6.07) is 6.39. The molecule has 3 N–H and O–H groups in total. The number of pyridine rings is 1. The number of rotatable bonds is 7. The summed E-state index contributed by atoms with van der Waals surface area (Å²) >= 11 is 0. The lowest BCUT2D eigenvalue weighted by Crippen LogP contribution is -2.32. The topological polar surface area (TPSA) is 138 Å². The van der Waals surface area contributed by atoms with Gasteiger partial charge in [0.1, 0.15) is 35.5 Å². The van der Waals surface area contributed by atoms with Crippen molar-refractivity contribution in [3.05, 3.63) is 53.9 Å². The summed E-state index contributed by atoms with van der Waals surface area (Å²) in [5.74, 6) is 5.78. The number of aromatic nitrogens is 3. The second-order valence-corrected chi connectivity index (χ2v) is 8.44. The molecule has 4 rings (SSSR count). The molecule has 2 aromatic heterocycles. The van der Waals surface area contributed by atoms with Crippen molar-refractivity contribution >= 4 is 22.5 Å². The number of hydrogen-bond donors (Lipinski definition) is 2. The van der Waals surface area contributed by atoms with Crippen LogP contribution in [0.4, 0.5) is 4.39 Å². The minimum atomic E-state index is -1.05. The number of aliphatic imine (C=N–C) groups is 1. The van der Waals surface area contributed by atoms with Gasteiger partial charge in [-0.2, -0.15) is 10.4 Å². The number of nitriles is 1. The zero-order valence-corrected chi connectivity index (χ0v) is 19.6. The summed E-state index contributed by atoms with van der Waals surface area (Å²) in [6.45, 7) is 3.11. The Bertz CT molecular complexity index is 1290. The monoisotopic (exact) mass is 478 g/mol. The first-order chi connectivity index (χ1) is 16.9. The number of likely N-dealkylation sites (tertiary alicyclic amines) is 1. The molecule has 0 amide bonds. The number of aliphatic hydroxyl groups excluding tert-OH is 1. The van der Waals surface area contributed by atoms with Crippen molar-refractivity contribution in [1.82, 2.24) is 19.4 Å². The smallest absolute Gasteiger partial charge is 0.179 e. The molecule has 35 heavy (non-hydrogen) atoms. The molecule has 1 aliphatic heterocycles. The number of hydrogen-bond acceptors (Lipinski definition) is 9. The summed E-state index contributed by atoms with van der Waals surface area (Å²) in [5.41, 5.74) is 3.58. The Morgan fingerprint density at radius 1 is 1.34 bits per heavy atom. The van der Waals surface area contributed by atoms with Crippen molar-refractivity contribution < 1.29 is 14.2 Å². The predicted molar refractivity (Wildman–Crippen MR) is 129 cm³/mol. The average molecular weight is 479 g/mol. The van der Waals surface area contributed by atoms with Crippen LogP contribution in [0.1, 0.15) is 37.1 Å². The van der Waals surface area contributed by atoms with E-state index in [1.54, 1.807) is 17.3 Å². The molecule has 1 aliphatic rings. The van der Waals surface area contributed by atoms with Crippen LogP contribution in [-0.4, -0.2) is 61.7 Å². The zero-order valence-electron chi connectivity index (χ0n) is 19.6. The van der Waals surface area contributed by atoms with Crippen molar-refractivity contribution in [3.8, 4) is 11.9 Å². The van der Waals surface area contributed by atoms with E-state index in [0.29, 0.717) is 47.0 Å². The van der Waals surface area contributed by atoms with Gasteiger partial charge in [0.25, 0.3) is 0 Å². The molecular weight excluding hydrogens is 451 g/mol. The van der Waals surface area contributed by atoms with Crippen LogP contribution in [0.15, 0.2) is 46.9 Å². The minimum Gasteiger partial charge on any atom is -0.488 e. The summed E-state index contributed by atoms with van der Waals surface area (Å²) in [5, 5.41) is 23.5. The average Bonchev–Trinajstić information content (AvgIpc) is 3.24. The molecule has 1 atom stereocenters. The van der Waals surface area contributed by atoms with Gasteiger partial charge < -0.3 is 25.2 Å². The number of fused-ring (bicyclic) bond motifs is 1. The molecule has 3 heterocycles. The molecule has 11 heteroatoms. The zero-order chi connectivity index (χ0) is 24.9. The highest BCUT2D eigenvalue weighted by atomic mass is 19.1. The van der Waals surface area contributed by atoms with Crippen molar-refractivity contribution in [2.45, 2.75) is 31.9 Å². The van der Waals surface area contributed by atoms with Gasteiger partial charge in [0.15, 0.2) is 6.19 Å².